The van der Waals surface area contributed by atoms with Crippen LogP contribution in [0, 0.1) is 12.7 Å². The maximum absolute atomic E-state index is 14.6. The van der Waals surface area contributed by atoms with Crippen molar-refractivity contribution in [3.05, 3.63) is 130 Å². The Morgan fingerprint density at radius 1 is 0.872 bits per heavy atom. The minimum absolute atomic E-state index is 0.0156. The SMILES string of the molecule is Cc1ccc(S(=O)(=O)N(CC(=O)N(Cc2ccc(F)cc2)[C@@H](Cc2ccccc2)C(=O)NC2CCCC2)c2ccc(Cl)c(Cl)c2)cc1. The number of halogens is 3. The Labute approximate surface area is 285 Å². The third-order valence-electron chi connectivity index (χ3n) is 8.32. The number of benzene rings is 4. The molecule has 4 aromatic rings. The second kappa shape index (κ2) is 15.3. The molecule has 0 aliphatic heterocycles. The van der Waals surface area contributed by atoms with Gasteiger partial charge < -0.3 is 10.2 Å². The van der Waals surface area contributed by atoms with E-state index in [1.807, 2.05) is 37.3 Å². The molecule has 1 aliphatic rings. The second-order valence-electron chi connectivity index (χ2n) is 11.8. The molecule has 0 unspecified atom stereocenters. The van der Waals surface area contributed by atoms with Gasteiger partial charge in [-0.2, -0.15) is 0 Å². The van der Waals surface area contributed by atoms with Crippen molar-refractivity contribution >= 4 is 50.7 Å². The summed E-state index contributed by atoms with van der Waals surface area (Å²) in [4.78, 5) is 30.0. The number of carbonyl (C=O) groups is 2. The number of anilines is 1. The lowest BCUT2D eigenvalue weighted by Crippen LogP contribution is -2.54. The molecule has 1 atom stereocenters. The molecule has 1 aliphatic carbocycles. The van der Waals surface area contributed by atoms with E-state index in [-0.39, 0.29) is 45.5 Å². The predicted molar refractivity (Wildman–Crippen MR) is 183 cm³/mol. The minimum Gasteiger partial charge on any atom is -0.352 e. The standard InChI is InChI=1S/C36H36Cl2FN3O4S/c1-25-11-18-31(19-12-25)47(45,46)42(30-17-20-32(37)33(38)22-30)24-35(43)41(23-27-13-15-28(39)16-14-27)34(21-26-7-3-2-4-8-26)36(44)40-29-9-5-6-10-29/h2-4,7-8,11-20,22,29,34H,5-6,9-10,21,23-24H2,1H3,(H,40,44)/t34-/m0/s1. The number of aryl methyl sites for hydroxylation is 1. The Bertz CT molecular complexity index is 1800. The number of amides is 2. The fraction of sp³-hybridized carbons (Fsp3) is 0.278. The monoisotopic (exact) mass is 695 g/mol. The summed E-state index contributed by atoms with van der Waals surface area (Å²) in [5, 5.41) is 3.47. The van der Waals surface area contributed by atoms with Crippen LogP contribution in [0.4, 0.5) is 10.1 Å². The molecule has 0 heterocycles. The second-order valence-corrected chi connectivity index (χ2v) is 14.4. The van der Waals surface area contributed by atoms with Crippen molar-refractivity contribution in [1.82, 2.24) is 10.2 Å². The average Bonchev–Trinajstić information content (AvgIpc) is 3.57. The summed E-state index contributed by atoms with van der Waals surface area (Å²) in [5.74, 6) is -1.40. The van der Waals surface area contributed by atoms with Crippen molar-refractivity contribution in [1.29, 1.82) is 0 Å². The lowest BCUT2D eigenvalue weighted by Gasteiger charge is -2.34. The van der Waals surface area contributed by atoms with Gasteiger partial charge >= 0.3 is 0 Å². The van der Waals surface area contributed by atoms with Gasteiger partial charge in [-0.05, 0) is 73.4 Å². The van der Waals surface area contributed by atoms with Gasteiger partial charge in [-0.1, -0.05) is 96.2 Å². The number of carbonyl (C=O) groups excluding carboxylic acids is 2. The van der Waals surface area contributed by atoms with Gasteiger partial charge in [0.2, 0.25) is 11.8 Å². The topological polar surface area (TPSA) is 86.8 Å². The molecule has 47 heavy (non-hydrogen) atoms. The zero-order valence-corrected chi connectivity index (χ0v) is 28.2. The van der Waals surface area contributed by atoms with Crippen LogP contribution in [0.1, 0.15) is 42.4 Å². The molecule has 11 heteroatoms. The average molecular weight is 697 g/mol. The smallest absolute Gasteiger partial charge is 0.264 e. The van der Waals surface area contributed by atoms with Crippen molar-refractivity contribution in [2.75, 3.05) is 10.8 Å². The van der Waals surface area contributed by atoms with Crippen LogP contribution in [-0.4, -0.2) is 43.8 Å². The van der Waals surface area contributed by atoms with Gasteiger partial charge in [0.05, 0.1) is 20.6 Å². The number of sulfonamides is 1. The van der Waals surface area contributed by atoms with Gasteiger partial charge in [0.25, 0.3) is 10.0 Å². The van der Waals surface area contributed by atoms with Crippen LogP contribution in [-0.2, 0) is 32.6 Å². The molecule has 0 spiro atoms. The van der Waals surface area contributed by atoms with Gasteiger partial charge in [-0.3, -0.25) is 13.9 Å². The molecule has 0 aromatic heterocycles. The molecule has 1 N–H and O–H groups in total. The predicted octanol–water partition coefficient (Wildman–Crippen LogP) is 7.34. The zero-order valence-electron chi connectivity index (χ0n) is 25.9. The fourth-order valence-corrected chi connectivity index (χ4v) is 7.41. The number of hydrogen-bond acceptors (Lipinski definition) is 4. The summed E-state index contributed by atoms with van der Waals surface area (Å²) >= 11 is 12.5. The molecular formula is C36H36Cl2FN3O4S. The van der Waals surface area contributed by atoms with Crippen LogP contribution in [0.5, 0.6) is 0 Å². The normalized spacial score (nSPS) is 14.0. The molecule has 0 radical (unpaired) electrons. The Kier molecular flexibility index (Phi) is 11.2. The van der Waals surface area contributed by atoms with Crippen LogP contribution in [0.25, 0.3) is 0 Å². The zero-order chi connectivity index (χ0) is 33.6. The van der Waals surface area contributed by atoms with Gasteiger partial charge in [0, 0.05) is 19.0 Å². The van der Waals surface area contributed by atoms with Gasteiger partial charge in [0.1, 0.15) is 18.4 Å². The maximum Gasteiger partial charge on any atom is 0.264 e. The molecule has 7 nitrogen and oxygen atoms in total. The van der Waals surface area contributed by atoms with E-state index in [0.29, 0.717) is 5.56 Å². The Balaban J connectivity index is 1.57. The summed E-state index contributed by atoms with van der Waals surface area (Å²) in [7, 11) is -4.30. The molecule has 246 valence electrons. The highest BCUT2D eigenvalue weighted by Crippen LogP contribution is 2.31. The number of rotatable bonds is 12. The Morgan fingerprint density at radius 2 is 1.53 bits per heavy atom. The van der Waals surface area contributed by atoms with Gasteiger partial charge in [-0.25, -0.2) is 12.8 Å². The highest BCUT2D eigenvalue weighted by molar-refractivity contribution is 7.92. The first kappa shape index (κ1) is 34.4. The minimum atomic E-state index is -4.30. The number of hydrogen-bond donors (Lipinski definition) is 1. The van der Waals surface area contributed by atoms with E-state index in [0.717, 1.165) is 41.1 Å². The quantitative estimate of drug-likeness (QED) is 0.168. The lowest BCUT2D eigenvalue weighted by atomic mass is 10.0. The largest absolute Gasteiger partial charge is 0.352 e. The van der Waals surface area contributed by atoms with Crippen molar-refractivity contribution in [2.45, 2.75) is 62.6 Å². The molecule has 0 bridgehead atoms. The van der Waals surface area contributed by atoms with Gasteiger partial charge in [-0.15, -0.1) is 0 Å². The van der Waals surface area contributed by atoms with Crippen molar-refractivity contribution in [3.8, 4) is 0 Å². The van der Waals surface area contributed by atoms with Crippen LogP contribution >= 0.6 is 23.2 Å². The summed E-state index contributed by atoms with van der Waals surface area (Å²) in [6.07, 6.45) is 3.87. The molecule has 2 amide bonds. The van der Waals surface area contributed by atoms with E-state index in [9.17, 15) is 22.4 Å². The summed E-state index contributed by atoms with van der Waals surface area (Å²) in [6.45, 7) is 1.14. The highest BCUT2D eigenvalue weighted by atomic mass is 35.5. The molecular weight excluding hydrogens is 660 g/mol. The maximum atomic E-state index is 14.6. The first-order chi connectivity index (χ1) is 22.5. The van der Waals surface area contributed by atoms with Crippen molar-refractivity contribution in [2.24, 2.45) is 0 Å². The summed E-state index contributed by atoms with van der Waals surface area (Å²) in [5.41, 5.74) is 2.40. The van der Waals surface area contributed by atoms with Crippen LogP contribution in [0.3, 0.4) is 0 Å². The first-order valence-corrected chi connectivity index (χ1v) is 17.6. The lowest BCUT2D eigenvalue weighted by molar-refractivity contribution is -0.140. The third-order valence-corrected chi connectivity index (χ3v) is 10.8. The van der Waals surface area contributed by atoms with E-state index in [2.05, 4.69) is 5.32 Å². The summed E-state index contributed by atoms with van der Waals surface area (Å²) in [6, 6.07) is 24.6. The fourth-order valence-electron chi connectivity index (χ4n) is 5.71. The Morgan fingerprint density at radius 3 is 2.17 bits per heavy atom. The van der Waals surface area contributed by atoms with E-state index >= 15 is 0 Å². The highest BCUT2D eigenvalue weighted by Gasteiger charge is 2.35. The van der Waals surface area contributed by atoms with Crippen LogP contribution in [0.2, 0.25) is 10.0 Å². The van der Waals surface area contributed by atoms with E-state index < -0.39 is 34.3 Å². The van der Waals surface area contributed by atoms with Gasteiger partial charge in [0.15, 0.2) is 0 Å². The first-order valence-electron chi connectivity index (χ1n) is 15.4. The van der Waals surface area contributed by atoms with Crippen LogP contribution in [0.15, 0.2) is 102 Å². The number of nitrogens with zero attached hydrogens (tertiary/aromatic N) is 2. The Hall–Kier alpha value is -3.92. The van der Waals surface area contributed by atoms with Crippen molar-refractivity contribution in [3.63, 3.8) is 0 Å². The molecule has 4 aromatic carbocycles. The van der Waals surface area contributed by atoms with E-state index in [1.165, 1.54) is 47.4 Å². The molecule has 0 saturated heterocycles. The van der Waals surface area contributed by atoms with Crippen molar-refractivity contribution < 1.29 is 22.4 Å². The molecule has 1 fully saturated rings. The summed E-state index contributed by atoms with van der Waals surface area (Å²) < 4.78 is 43.2. The third kappa shape index (κ3) is 8.71. The molecule has 1 saturated carbocycles. The molecule has 5 rings (SSSR count). The van der Waals surface area contributed by atoms with E-state index in [4.69, 9.17) is 23.2 Å². The van der Waals surface area contributed by atoms with Crippen LogP contribution < -0.4 is 9.62 Å². The number of nitrogens with one attached hydrogen (secondary N) is 1. The van der Waals surface area contributed by atoms with E-state index in [1.54, 1.807) is 24.3 Å².